The van der Waals surface area contributed by atoms with Crippen LogP contribution in [0.3, 0.4) is 0 Å². The van der Waals surface area contributed by atoms with Crippen molar-refractivity contribution in [2.24, 2.45) is 0 Å². The van der Waals surface area contributed by atoms with Crippen LogP contribution in [0.4, 0.5) is 0 Å². The molecular weight excluding hydrogens is 238 g/mol. The predicted molar refractivity (Wildman–Crippen MR) is 62.9 cm³/mol. The molecule has 0 aliphatic heterocycles. The fourth-order valence-corrected chi connectivity index (χ4v) is 2.55. The highest BCUT2D eigenvalue weighted by Crippen LogP contribution is 2.38. The van der Waals surface area contributed by atoms with Crippen LogP contribution in [-0.4, -0.2) is 27.6 Å². The number of carbonyl (C=O) groups is 1. The van der Waals surface area contributed by atoms with Crippen LogP contribution in [0.15, 0.2) is 18.7 Å². The standard InChI is InChI=1S/C11H11N3O2S/c1-16-11(15)9-5-13-10(17-9)8-4-12-6-14(8)7-2-3-7/h4-7H,2-3H2,1H3. The number of thiazole rings is 1. The lowest BCUT2D eigenvalue weighted by Crippen LogP contribution is -1.96. The highest BCUT2D eigenvalue weighted by atomic mass is 32.1. The SMILES string of the molecule is COC(=O)c1cnc(-c2cncn2C2CC2)s1. The van der Waals surface area contributed by atoms with E-state index in [1.807, 2.05) is 6.33 Å². The molecule has 2 heterocycles. The van der Waals surface area contributed by atoms with Crippen molar-refractivity contribution >= 4 is 17.3 Å². The highest BCUT2D eigenvalue weighted by Gasteiger charge is 2.26. The molecule has 88 valence electrons. The first-order chi connectivity index (χ1) is 8.29. The molecular formula is C11H11N3O2S. The number of ether oxygens (including phenoxy) is 1. The molecule has 1 aliphatic carbocycles. The maximum Gasteiger partial charge on any atom is 0.349 e. The smallest absolute Gasteiger partial charge is 0.349 e. The lowest BCUT2D eigenvalue weighted by molar-refractivity contribution is 0.0606. The summed E-state index contributed by atoms with van der Waals surface area (Å²) in [5.74, 6) is -0.341. The van der Waals surface area contributed by atoms with E-state index in [4.69, 9.17) is 0 Å². The van der Waals surface area contributed by atoms with Crippen LogP contribution in [0.1, 0.15) is 28.6 Å². The largest absolute Gasteiger partial charge is 0.465 e. The minimum atomic E-state index is -0.341. The Morgan fingerprint density at radius 2 is 2.35 bits per heavy atom. The number of hydrogen-bond acceptors (Lipinski definition) is 5. The highest BCUT2D eigenvalue weighted by molar-refractivity contribution is 7.16. The van der Waals surface area contributed by atoms with Crippen molar-refractivity contribution in [2.75, 3.05) is 7.11 Å². The first-order valence-electron chi connectivity index (χ1n) is 5.36. The van der Waals surface area contributed by atoms with Crippen molar-refractivity contribution in [1.29, 1.82) is 0 Å². The van der Waals surface area contributed by atoms with E-state index < -0.39 is 0 Å². The maximum absolute atomic E-state index is 11.4. The van der Waals surface area contributed by atoms with Gasteiger partial charge in [0.2, 0.25) is 0 Å². The number of carbonyl (C=O) groups excluding carboxylic acids is 1. The maximum atomic E-state index is 11.4. The van der Waals surface area contributed by atoms with E-state index in [9.17, 15) is 4.79 Å². The topological polar surface area (TPSA) is 57.0 Å². The normalized spacial score (nSPS) is 14.9. The lowest BCUT2D eigenvalue weighted by atomic mass is 10.4. The van der Waals surface area contributed by atoms with Crippen molar-refractivity contribution in [1.82, 2.24) is 14.5 Å². The van der Waals surface area contributed by atoms with Gasteiger partial charge in [-0.15, -0.1) is 11.3 Å². The predicted octanol–water partition coefficient (Wildman–Crippen LogP) is 2.13. The summed E-state index contributed by atoms with van der Waals surface area (Å²) in [4.78, 5) is 20.3. The molecule has 0 amide bonds. The van der Waals surface area contributed by atoms with Gasteiger partial charge in [-0.05, 0) is 12.8 Å². The zero-order chi connectivity index (χ0) is 11.8. The van der Waals surface area contributed by atoms with Gasteiger partial charge >= 0.3 is 5.97 Å². The molecule has 0 saturated heterocycles. The molecule has 1 fully saturated rings. The fourth-order valence-electron chi connectivity index (χ4n) is 1.70. The quantitative estimate of drug-likeness (QED) is 0.782. The number of hydrogen-bond donors (Lipinski definition) is 0. The lowest BCUT2D eigenvalue weighted by Gasteiger charge is -2.02. The third-order valence-corrected chi connectivity index (χ3v) is 3.72. The number of nitrogens with zero attached hydrogens (tertiary/aromatic N) is 3. The summed E-state index contributed by atoms with van der Waals surface area (Å²) in [6.45, 7) is 0. The van der Waals surface area contributed by atoms with Crippen molar-refractivity contribution in [2.45, 2.75) is 18.9 Å². The number of methoxy groups -OCH3 is 1. The molecule has 0 aromatic carbocycles. The molecule has 2 aromatic heterocycles. The molecule has 17 heavy (non-hydrogen) atoms. The molecule has 5 nitrogen and oxygen atoms in total. The van der Waals surface area contributed by atoms with Crippen molar-refractivity contribution in [3.05, 3.63) is 23.6 Å². The Hall–Kier alpha value is -1.69. The van der Waals surface area contributed by atoms with E-state index >= 15 is 0 Å². The monoisotopic (exact) mass is 249 g/mol. The molecule has 6 heteroatoms. The summed E-state index contributed by atoms with van der Waals surface area (Å²) >= 11 is 1.34. The van der Waals surface area contributed by atoms with Crippen LogP contribution in [0, 0.1) is 0 Å². The van der Waals surface area contributed by atoms with E-state index in [-0.39, 0.29) is 5.97 Å². The van der Waals surface area contributed by atoms with Gasteiger partial charge in [-0.25, -0.2) is 14.8 Å². The van der Waals surface area contributed by atoms with Gasteiger partial charge in [-0.3, -0.25) is 0 Å². The third-order valence-electron chi connectivity index (χ3n) is 2.72. The molecule has 0 bridgehead atoms. The summed E-state index contributed by atoms with van der Waals surface area (Å²) in [5, 5.41) is 0.815. The van der Waals surface area contributed by atoms with Crippen LogP contribution in [0.5, 0.6) is 0 Å². The average molecular weight is 249 g/mol. The first-order valence-corrected chi connectivity index (χ1v) is 6.17. The van der Waals surface area contributed by atoms with E-state index in [0.29, 0.717) is 10.9 Å². The first kappa shape index (κ1) is 10.5. The molecule has 3 rings (SSSR count). The molecule has 1 aliphatic rings. The van der Waals surface area contributed by atoms with Crippen LogP contribution in [0.2, 0.25) is 0 Å². The Morgan fingerprint density at radius 1 is 1.53 bits per heavy atom. The fraction of sp³-hybridized carbons (Fsp3) is 0.364. The van der Waals surface area contributed by atoms with Crippen LogP contribution < -0.4 is 0 Å². The number of imidazole rings is 1. The molecule has 0 N–H and O–H groups in total. The van der Waals surface area contributed by atoms with Gasteiger partial charge in [0, 0.05) is 6.04 Å². The second-order valence-electron chi connectivity index (χ2n) is 3.94. The Labute approximate surface area is 102 Å². The van der Waals surface area contributed by atoms with Gasteiger partial charge < -0.3 is 9.30 Å². The van der Waals surface area contributed by atoms with Gasteiger partial charge in [-0.2, -0.15) is 0 Å². The summed E-state index contributed by atoms with van der Waals surface area (Å²) in [7, 11) is 1.37. The second kappa shape index (κ2) is 3.96. The van der Waals surface area contributed by atoms with Crippen LogP contribution in [0.25, 0.3) is 10.7 Å². The van der Waals surface area contributed by atoms with Gasteiger partial charge in [0.05, 0.1) is 31.5 Å². The average Bonchev–Trinajstić information content (AvgIpc) is 2.91. The van der Waals surface area contributed by atoms with E-state index in [0.717, 1.165) is 10.7 Å². The molecule has 0 atom stereocenters. The molecule has 0 radical (unpaired) electrons. The molecule has 1 saturated carbocycles. The summed E-state index contributed by atoms with van der Waals surface area (Å²) in [5.41, 5.74) is 0.979. The van der Waals surface area contributed by atoms with Gasteiger partial charge in [0.15, 0.2) is 0 Å². The van der Waals surface area contributed by atoms with Crippen LogP contribution >= 0.6 is 11.3 Å². The zero-order valence-corrected chi connectivity index (χ0v) is 10.1. The minimum Gasteiger partial charge on any atom is -0.465 e. The van der Waals surface area contributed by atoms with Gasteiger partial charge in [0.25, 0.3) is 0 Å². The summed E-state index contributed by atoms with van der Waals surface area (Å²) < 4.78 is 6.79. The number of rotatable bonds is 3. The number of esters is 1. The molecule has 2 aromatic rings. The van der Waals surface area contributed by atoms with E-state index in [1.54, 1.807) is 12.4 Å². The van der Waals surface area contributed by atoms with Crippen LogP contribution in [-0.2, 0) is 4.74 Å². The molecule has 0 unspecified atom stereocenters. The van der Waals surface area contributed by atoms with E-state index in [2.05, 4.69) is 19.3 Å². The Balaban J connectivity index is 1.95. The Kier molecular flexibility index (Phi) is 2.44. The minimum absolute atomic E-state index is 0.341. The van der Waals surface area contributed by atoms with Gasteiger partial charge in [0.1, 0.15) is 9.88 Å². The molecule has 0 spiro atoms. The van der Waals surface area contributed by atoms with Crippen molar-refractivity contribution in [3.8, 4) is 10.7 Å². The Bertz CT molecular complexity index is 557. The second-order valence-corrected chi connectivity index (χ2v) is 4.97. The van der Waals surface area contributed by atoms with Crippen molar-refractivity contribution in [3.63, 3.8) is 0 Å². The zero-order valence-electron chi connectivity index (χ0n) is 9.29. The van der Waals surface area contributed by atoms with Crippen molar-refractivity contribution < 1.29 is 9.53 Å². The summed E-state index contributed by atoms with van der Waals surface area (Å²) in [6.07, 6.45) is 7.55. The Morgan fingerprint density at radius 3 is 3.06 bits per heavy atom. The number of aromatic nitrogens is 3. The third kappa shape index (κ3) is 1.84. The van der Waals surface area contributed by atoms with E-state index in [1.165, 1.54) is 31.3 Å². The van der Waals surface area contributed by atoms with Gasteiger partial charge in [-0.1, -0.05) is 0 Å². The summed E-state index contributed by atoms with van der Waals surface area (Å²) in [6, 6.07) is 0.554.